The van der Waals surface area contributed by atoms with Gasteiger partial charge in [-0.05, 0) is 44.4 Å². The average Bonchev–Trinajstić information content (AvgIpc) is 2.42. The van der Waals surface area contributed by atoms with Crippen molar-refractivity contribution in [2.24, 2.45) is 0 Å². The SMILES string of the molecule is CC(Nc1ccc(Br)cc1Cl)C(=O)N1CCCCC1. The van der Waals surface area contributed by atoms with Crippen LogP contribution in [0.1, 0.15) is 26.2 Å². The lowest BCUT2D eigenvalue weighted by Gasteiger charge is -2.29. The summed E-state index contributed by atoms with van der Waals surface area (Å²) in [4.78, 5) is 14.2. The molecule has 0 bridgehead atoms. The molecule has 0 saturated carbocycles. The number of likely N-dealkylation sites (tertiary alicyclic amines) is 1. The van der Waals surface area contributed by atoms with Crippen molar-refractivity contribution in [1.82, 2.24) is 4.90 Å². The Kier molecular flexibility index (Phi) is 5.11. The summed E-state index contributed by atoms with van der Waals surface area (Å²) in [5, 5.41) is 3.81. The predicted octanol–water partition coefficient (Wildman–Crippen LogP) is 3.92. The first kappa shape index (κ1) is 14.7. The van der Waals surface area contributed by atoms with E-state index in [0.717, 1.165) is 36.1 Å². The second-order valence-electron chi connectivity index (χ2n) is 4.88. The van der Waals surface area contributed by atoms with E-state index in [0.29, 0.717) is 5.02 Å². The van der Waals surface area contributed by atoms with Crippen LogP contribution in [0.5, 0.6) is 0 Å². The zero-order chi connectivity index (χ0) is 13.8. The molecule has 0 aliphatic carbocycles. The highest BCUT2D eigenvalue weighted by molar-refractivity contribution is 9.10. The summed E-state index contributed by atoms with van der Waals surface area (Å²) in [6, 6.07) is 5.36. The fourth-order valence-corrected chi connectivity index (χ4v) is 3.02. The Labute approximate surface area is 127 Å². The molecular weight excluding hydrogens is 328 g/mol. The zero-order valence-corrected chi connectivity index (χ0v) is 13.3. The fraction of sp³-hybridized carbons (Fsp3) is 0.500. The summed E-state index contributed by atoms with van der Waals surface area (Å²) in [7, 11) is 0. The van der Waals surface area contributed by atoms with Crippen molar-refractivity contribution in [3.8, 4) is 0 Å². The number of hydrogen-bond acceptors (Lipinski definition) is 2. The van der Waals surface area contributed by atoms with Crippen molar-refractivity contribution >= 4 is 39.1 Å². The van der Waals surface area contributed by atoms with Crippen molar-refractivity contribution in [3.63, 3.8) is 0 Å². The molecule has 1 heterocycles. The number of anilines is 1. The molecule has 1 aliphatic heterocycles. The van der Waals surface area contributed by atoms with Gasteiger partial charge in [0.25, 0.3) is 0 Å². The van der Waals surface area contributed by atoms with E-state index >= 15 is 0 Å². The summed E-state index contributed by atoms with van der Waals surface area (Å²) < 4.78 is 0.929. The normalized spacial score (nSPS) is 17.1. The Bertz CT molecular complexity index is 461. The van der Waals surface area contributed by atoms with Gasteiger partial charge < -0.3 is 10.2 Å². The van der Waals surface area contributed by atoms with E-state index in [9.17, 15) is 4.79 Å². The van der Waals surface area contributed by atoms with Crippen LogP contribution in [0, 0.1) is 0 Å². The van der Waals surface area contributed by atoms with Gasteiger partial charge in [0.15, 0.2) is 0 Å². The number of carbonyl (C=O) groups is 1. The maximum absolute atomic E-state index is 12.3. The van der Waals surface area contributed by atoms with Gasteiger partial charge in [-0.3, -0.25) is 4.79 Å². The molecule has 1 unspecified atom stereocenters. The first-order valence-electron chi connectivity index (χ1n) is 6.58. The number of piperidine rings is 1. The van der Waals surface area contributed by atoms with Gasteiger partial charge >= 0.3 is 0 Å². The molecule has 0 radical (unpaired) electrons. The minimum Gasteiger partial charge on any atom is -0.373 e. The van der Waals surface area contributed by atoms with E-state index in [1.165, 1.54) is 6.42 Å². The number of nitrogens with one attached hydrogen (secondary N) is 1. The molecule has 1 saturated heterocycles. The Morgan fingerprint density at radius 2 is 2.05 bits per heavy atom. The van der Waals surface area contributed by atoms with Crippen LogP contribution in [-0.4, -0.2) is 29.9 Å². The molecule has 1 aliphatic rings. The van der Waals surface area contributed by atoms with Crippen LogP contribution in [0.25, 0.3) is 0 Å². The van der Waals surface area contributed by atoms with Gasteiger partial charge in [-0.2, -0.15) is 0 Å². The molecule has 0 spiro atoms. The fourth-order valence-electron chi connectivity index (χ4n) is 2.29. The summed E-state index contributed by atoms with van der Waals surface area (Å²) in [6.07, 6.45) is 3.44. The van der Waals surface area contributed by atoms with Crippen molar-refractivity contribution in [2.75, 3.05) is 18.4 Å². The molecule has 104 valence electrons. The second-order valence-corrected chi connectivity index (χ2v) is 6.20. The lowest BCUT2D eigenvalue weighted by molar-refractivity contribution is -0.132. The lowest BCUT2D eigenvalue weighted by Crippen LogP contribution is -2.43. The van der Waals surface area contributed by atoms with Crippen LogP contribution in [0.3, 0.4) is 0 Å². The van der Waals surface area contributed by atoms with E-state index in [4.69, 9.17) is 11.6 Å². The van der Waals surface area contributed by atoms with E-state index < -0.39 is 0 Å². The molecule has 1 amide bonds. The van der Waals surface area contributed by atoms with Gasteiger partial charge in [-0.15, -0.1) is 0 Å². The number of carbonyl (C=O) groups excluding carboxylic acids is 1. The smallest absolute Gasteiger partial charge is 0.244 e. The highest BCUT2D eigenvalue weighted by Gasteiger charge is 2.22. The molecule has 19 heavy (non-hydrogen) atoms. The lowest BCUT2D eigenvalue weighted by atomic mass is 10.1. The monoisotopic (exact) mass is 344 g/mol. The topological polar surface area (TPSA) is 32.3 Å². The number of nitrogens with zero attached hydrogens (tertiary/aromatic N) is 1. The minimum absolute atomic E-state index is 0.152. The average molecular weight is 346 g/mol. The summed E-state index contributed by atoms with van der Waals surface area (Å²) >= 11 is 9.51. The molecule has 1 aromatic carbocycles. The molecule has 0 aromatic heterocycles. The number of amides is 1. The Balaban J connectivity index is 1.99. The van der Waals surface area contributed by atoms with E-state index in [2.05, 4.69) is 21.2 Å². The molecule has 1 atom stereocenters. The third-order valence-corrected chi connectivity index (χ3v) is 4.15. The van der Waals surface area contributed by atoms with Crippen LogP contribution in [-0.2, 0) is 4.79 Å². The van der Waals surface area contributed by atoms with Crippen molar-refractivity contribution < 1.29 is 4.79 Å². The number of benzene rings is 1. The van der Waals surface area contributed by atoms with Crippen molar-refractivity contribution in [2.45, 2.75) is 32.2 Å². The van der Waals surface area contributed by atoms with Gasteiger partial charge in [-0.1, -0.05) is 27.5 Å². The van der Waals surface area contributed by atoms with Crippen molar-refractivity contribution in [1.29, 1.82) is 0 Å². The van der Waals surface area contributed by atoms with E-state index in [-0.39, 0.29) is 11.9 Å². The van der Waals surface area contributed by atoms with E-state index in [1.54, 1.807) is 0 Å². The van der Waals surface area contributed by atoms with Crippen LogP contribution in [0.15, 0.2) is 22.7 Å². The van der Waals surface area contributed by atoms with Gasteiger partial charge in [0.2, 0.25) is 5.91 Å². The maximum Gasteiger partial charge on any atom is 0.244 e. The van der Waals surface area contributed by atoms with Gasteiger partial charge in [0, 0.05) is 17.6 Å². The molecular formula is C14H18BrClN2O. The number of hydrogen-bond donors (Lipinski definition) is 1. The standard InChI is InChI=1S/C14H18BrClN2O/c1-10(14(19)18-7-3-2-4-8-18)17-13-6-5-11(15)9-12(13)16/h5-6,9-10,17H,2-4,7-8H2,1H3. The summed E-state index contributed by atoms with van der Waals surface area (Å²) in [5.41, 5.74) is 0.794. The van der Waals surface area contributed by atoms with Gasteiger partial charge in [0.05, 0.1) is 10.7 Å². The maximum atomic E-state index is 12.3. The first-order valence-corrected chi connectivity index (χ1v) is 7.75. The molecule has 1 N–H and O–H groups in total. The second kappa shape index (κ2) is 6.62. The molecule has 3 nitrogen and oxygen atoms in total. The Morgan fingerprint density at radius 1 is 1.37 bits per heavy atom. The van der Waals surface area contributed by atoms with Crippen LogP contribution < -0.4 is 5.32 Å². The summed E-state index contributed by atoms with van der Waals surface area (Å²) in [6.45, 7) is 3.63. The first-order chi connectivity index (χ1) is 9.08. The minimum atomic E-state index is -0.253. The zero-order valence-electron chi connectivity index (χ0n) is 11.0. The molecule has 1 fully saturated rings. The largest absolute Gasteiger partial charge is 0.373 e. The Morgan fingerprint density at radius 3 is 2.68 bits per heavy atom. The van der Waals surface area contributed by atoms with Gasteiger partial charge in [-0.25, -0.2) is 0 Å². The molecule has 1 aromatic rings. The summed E-state index contributed by atoms with van der Waals surface area (Å²) in [5.74, 6) is 0.152. The number of halogens is 2. The van der Waals surface area contributed by atoms with Gasteiger partial charge in [0.1, 0.15) is 6.04 Å². The molecule has 2 rings (SSSR count). The van der Waals surface area contributed by atoms with Crippen LogP contribution in [0.2, 0.25) is 5.02 Å². The highest BCUT2D eigenvalue weighted by Crippen LogP contribution is 2.26. The van der Waals surface area contributed by atoms with Crippen LogP contribution in [0.4, 0.5) is 5.69 Å². The predicted molar refractivity (Wildman–Crippen MR) is 82.7 cm³/mol. The van der Waals surface area contributed by atoms with E-state index in [1.807, 2.05) is 30.0 Å². The van der Waals surface area contributed by atoms with Crippen LogP contribution >= 0.6 is 27.5 Å². The number of rotatable bonds is 3. The highest BCUT2D eigenvalue weighted by atomic mass is 79.9. The molecule has 5 heteroatoms. The quantitative estimate of drug-likeness (QED) is 0.900. The van der Waals surface area contributed by atoms with Crippen molar-refractivity contribution in [3.05, 3.63) is 27.7 Å². The third kappa shape index (κ3) is 3.86. The third-order valence-electron chi connectivity index (χ3n) is 3.34. The Hall–Kier alpha value is -0.740.